The standard InChI is InChI=1S/C14H17F.C9H15N/c1-9(2)12-7-5-6-11-8-10(3)14(4,15)13(11)12;1-4-7-9(10)8(5-2)6-3/h5-7,9H,3,8H2,1-2,4H3;4-5,7H,1,6,10H2,2-3H3/b;8-5-,9-7+. The lowest BCUT2D eigenvalue weighted by Gasteiger charge is -2.21. The Kier molecular flexibility index (Phi) is 7.41. The predicted molar refractivity (Wildman–Crippen MR) is 108 cm³/mol. The maximum absolute atomic E-state index is 14.5. The third kappa shape index (κ3) is 4.72. The summed E-state index contributed by atoms with van der Waals surface area (Å²) in [4.78, 5) is 0. The van der Waals surface area contributed by atoms with Crippen LogP contribution in [0.25, 0.3) is 0 Å². The van der Waals surface area contributed by atoms with E-state index in [0.717, 1.165) is 28.8 Å². The number of halogens is 1. The average Bonchev–Trinajstić information content (AvgIpc) is 2.79. The van der Waals surface area contributed by atoms with E-state index in [0.29, 0.717) is 17.9 Å². The molecule has 0 fully saturated rings. The van der Waals surface area contributed by atoms with Gasteiger partial charge in [-0.05, 0) is 66.5 Å². The van der Waals surface area contributed by atoms with Gasteiger partial charge in [-0.2, -0.15) is 0 Å². The van der Waals surface area contributed by atoms with Crippen LogP contribution in [0.3, 0.4) is 0 Å². The molecule has 0 bridgehead atoms. The van der Waals surface area contributed by atoms with Gasteiger partial charge < -0.3 is 5.73 Å². The van der Waals surface area contributed by atoms with Crippen molar-refractivity contribution in [2.45, 2.75) is 59.0 Å². The highest BCUT2D eigenvalue weighted by Gasteiger charge is 2.39. The minimum absolute atomic E-state index is 0.362. The molecule has 25 heavy (non-hydrogen) atoms. The van der Waals surface area contributed by atoms with Gasteiger partial charge in [-0.3, -0.25) is 0 Å². The Balaban J connectivity index is 0.000000275. The van der Waals surface area contributed by atoms with Crippen LogP contribution in [0.4, 0.5) is 4.39 Å². The van der Waals surface area contributed by atoms with Crippen LogP contribution in [0.2, 0.25) is 0 Å². The monoisotopic (exact) mass is 341 g/mol. The Hall–Kier alpha value is -2.09. The smallest absolute Gasteiger partial charge is 0.154 e. The van der Waals surface area contributed by atoms with Crippen LogP contribution in [-0.2, 0) is 12.1 Å². The second-order valence-electron chi connectivity index (χ2n) is 6.84. The highest BCUT2D eigenvalue weighted by Crippen LogP contribution is 2.46. The number of hydrogen-bond acceptors (Lipinski definition) is 1. The van der Waals surface area contributed by atoms with Crippen LogP contribution >= 0.6 is 0 Å². The summed E-state index contributed by atoms with van der Waals surface area (Å²) in [5.41, 5.74) is 10.1. The minimum Gasteiger partial charge on any atom is -0.399 e. The van der Waals surface area contributed by atoms with E-state index in [1.807, 2.05) is 37.3 Å². The van der Waals surface area contributed by atoms with E-state index in [9.17, 15) is 4.39 Å². The van der Waals surface area contributed by atoms with E-state index in [4.69, 9.17) is 5.73 Å². The minimum atomic E-state index is -1.34. The normalized spacial score (nSPS) is 20.2. The van der Waals surface area contributed by atoms with Crippen molar-refractivity contribution in [3.8, 4) is 0 Å². The van der Waals surface area contributed by atoms with Gasteiger partial charge in [0.2, 0.25) is 0 Å². The van der Waals surface area contributed by atoms with Gasteiger partial charge >= 0.3 is 0 Å². The van der Waals surface area contributed by atoms with Crippen molar-refractivity contribution in [2.24, 2.45) is 5.73 Å². The van der Waals surface area contributed by atoms with Gasteiger partial charge in [0.25, 0.3) is 0 Å². The molecule has 1 aromatic carbocycles. The molecule has 0 aromatic heterocycles. The fourth-order valence-electron chi connectivity index (χ4n) is 3.20. The van der Waals surface area contributed by atoms with Crippen molar-refractivity contribution in [3.05, 3.63) is 83.1 Å². The largest absolute Gasteiger partial charge is 0.399 e. The lowest BCUT2D eigenvalue weighted by Crippen LogP contribution is -2.15. The summed E-state index contributed by atoms with van der Waals surface area (Å²) in [5, 5.41) is 0. The zero-order valence-corrected chi connectivity index (χ0v) is 16.3. The molecule has 1 nitrogen and oxygen atoms in total. The Morgan fingerprint density at radius 2 is 2.04 bits per heavy atom. The SMILES string of the molecule is C=C/C=C(N)\C(=C/C)CC.C=C1Cc2cccc(C(C)C)c2C1(C)F. The van der Waals surface area contributed by atoms with E-state index in [1.165, 1.54) is 5.57 Å². The third-order valence-electron chi connectivity index (χ3n) is 4.74. The number of nitrogens with two attached hydrogens (primary N) is 1. The molecule has 1 aliphatic rings. The van der Waals surface area contributed by atoms with Crippen LogP contribution in [-0.4, -0.2) is 0 Å². The van der Waals surface area contributed by atoms with E-state index < -0.39 is 5.67 Å². The van der Waals surface area contributed by atoms with Gasteiger partial charge in [0, 0.05) is 5.70 Å². The van der Waals surface area contributed by atoms with Crippen LogP contribution in [0.1, 0.15) is 63.6 Å². The van der Waals surface area contributed by atoms with Gasteiger partial charge in [0.15, 0.2) is 5.67 Å². The summed E-state index contributed by atoms with van der Waals surface area (Å²) < 4.78 is 14.5. The number of allylic oxidation sites excluding steroid dienone is 5. The lowest BCUT2D eigenvalue weighted by molar-refractivity contribution is 0.251. The molecule has 0 amide bonds. The summed E-state index contributed by atoms with van der Waals surface area (Å²) in [6.07, 6.45) is 7.21. The zero-order valence-electron chi connectivity index (χ0n) is 16.3. The number of fused-ring (bicyclic) bond motifs is 1. The molecule has 1 aromatic rings. The number of rotatable bonds is 4. The van der Waals surface area contributed by atoms with Gasteiger partial charge in [0.1, 0.15) is 0 Å². The Morgan fingerprint density at radius 1 is 1.40 bits per heavy atom. The molecule has 2 rings (SSSR count). The fourth-order valence-corrected chi connectivity index (χ4v) is 3.20. The first kappa shape index (κ1) is 21.0. The molecule has 1 aliphatic carbocycles. The molecule has 0 saturated carbocycles. The quantitative estimate of drug-likeness (QED) is 0.492. The van der Waals surface area contributed by atoms with Crippen molar-refractivity contribution in [2.75, 3.05) is 0 Å². The first-order chi connectivity index (χ1) is 11.7. The first-order valence-electron chi connectivity index (χ1n) is 8.93. The van der Waals surface area contributed by atoms with Gasteiger partial charge in [-0.15, -0.1) is 0 Å². The molecule has 0 heterocycles. The Morgan fingerprint density at radius 3 is 2.52 bits per heavy atom. The van der Waals surface area contributed by atoms with Gasteiger partial charge in [-0.25, -0.2) is 4.39 Å². The maximum atomic E-state index is 14.5. The summed E-state index contributed by atoms with van der Waals surface area (Å²) in [6.45, 7) is 17.3. The van der Waals surface area contributed by atoms with Crippen molar-refractivity contribution in [1.29, 1.82) is 0 Å². The van der Waals surface area contributed by atoms with E-state index in [-0.39, 0.29) is 0 Å². The van der Waals surface area contributed by atoms with Gasteiger partial charge in [-0.1, -0.05) is 64.3 Å². The average molecular weight is 342 g/mol. The molecule has 2 N–H and O–H groups in total. The van der Waals surface area contributed by atoms with Crippen molar-refractivity contribution in [3.63, 3.8) is 0 Å². The predicted octanol–water partition coefficient (Wildman–Crippen LogP) is 6.48. The number of alkyl halides is 1. The van der Waals surface area contributed by atoms with Crippen LogP contribution in [0.15, 0.2) is 66.4 Å². The van der Waals surface area contributed by atoms with Gasteiger partial charge in [0.05, 0.1) is 0 Å². The van der Waals surface area contributed by atoms with Crippen molar-refractivity contribution in [1.82, 2.24) is 0 Å². The van der Waals surface area contributed by atoms with E-state index in [2.05, 4.69) is 33.9 Å². The fraction of sp³-hybridized carbons (Fsp3) is 0.391. The third-order valence-corrected chi connectivity index (χ3v) is 4.74. The summed E-state index contributed by atoms with van der Waals surface area (Å²) >= 11 is 0. The molecule has 0 radical (unpaired) electrons. The molecule has 2 heteroatoms. The number of hydrogen-bond donors (Lipinski definition) is 1. The van der Waals surface area contributed by atoms with Crippen molar-refractivity contribution < 1.29 is 4.39 Å². The van der Waals surface area contributed by atoms with E-state index in [1.54, 1.807) is 13.0 Å². The number of benzene rings is 1. The molecular formula is C23H32FN. The highest BCUT2D eigenvalue weighted by atomic mass is 19.1. The zero-order chi connectivity index (χ0) is 19.2. The topological polar surface area (TPSA) is 26.0 Å². The lowest BCUT2D eigenvalue weighted by atomic mass is 9.88. The van der Waals surface area contributed by atoms with Crippen LogP contribution in [0.5, 0.6) is 0 Å². The highest BCUT2D eigenvalue weighted by molar-refractivity contribution is 5.52. The maximum Gasteiger partial charge on any atom is 0.154 e. The molecule has 0 aliphatic heterocycles. The molecule has 1 atom stereocenters. The molecule has 1 unspecified atom stereocenters. The molecule has 0 spiro atoms. The molecule has 0 saturated heterocycles. The van der Waals surface area contributed by atoms with Crippen molar-refractivity contribution >= 4 is 0 Å². The van der Waals surface area contributed by atoms with E-state index >= 15 is 0 Å². The summed E-state index contributed by atoms with van der Waals surface area (Å²) in [5.74, 6) is 0.362. The molecule has 136 valence electrons. The molecular weight excluding hydrogens is 309 g/mol. The van der Waals surface area contributed by atoms with Crippen LogP contribution in [0, 0.1) is 0 Å². The second kappa shape index (κ2) is 8.84. The summed E-state index contributed by atoms with van der Waals surface area (Å²) in [6, 6.07) is 6.06. The second-order valence-corrected chi connectivity index (χ2v) is 6.84. The Bertz CT molecular complexity index is 690. The van der Waals surface area contributed by atoms with Crippen LogP contribution < -0.4 is 5.73 Å². The first-order valence-corrected chi connectivity index (χ1v) is 8.93. The Labute approximate surface area is 152 Å². The summed E-state index contributed by atoms with van der Waals surface area (Å²) in [7, 11) is 0.